The van der Waals surface area contributed by atoms with Crippen LogP contribution in [0.4, 0.5) is 5.69 Å². The molecule has 0 aliphatic carbocycles. The van der Waals surface area contributed by atoms with Crippen LogP contribution < -0.4 is 10.6 Å². The highest BCUT2D eigenvalue weighted by Gasteiger charge is 2.34. The van der Waals surface area contributed by atoms with E-state index in [1.54, 1.807) is 24.3 Å². The number of carbonyl (C=O) groups excluding carboxylic acids is 1. The van der Waals surface area contributed by atoms with Crippen molar-refractivity contribution < 1.29 is 4.79 Å². The van der Waals surface area contributed by atoms with Crippen molar-refractivity contribution in [2.45, 2.75) is 9.96 Å². The van der Waals surface area contributed by atoms with Crippen molar-refractivity contribution in [2.24, 2.45) is 0 Å². The Morgan fingerprint density at radius 2 is 1.59 bits per heavy atom. The molecule has 0 aliphatic rings. The summed E-state index contributed by atoms with van der Waals surface area (Å²) in [6, 6.07) is 16.1. The third-order valence-corrected chi connectivity index (χ3v) is 3.98. The van der Waals surface area contributed by atoms with Crippen LogP contribution in [0, 0.1) is 0 Å². The molecular formula is C15H12BrCl3N2O. The lowest BCUT2D eigenvalue weighted by molar-refractivity contribution is 0.0942. The summed E-state index contributed by atoms with van der Waals surface area (Å²) in [5, 5.41) is 5.67. The van der Waals surface area contributed by atoms with Gasteiger partial charge in [0.15, 0.2) is 0 Å². The lowest BCUT2D eigenvalue weighted by Crippen LogP contribution is -2.49. The van der Waals surface area contributed by atoms with Crippen molar-refractivity contribution in [3.8, 4) is 0 Å². The van der Waals surface area contributed by atoms with Gasteiger partial charge in [0.05, 0.1) is 0 Å². The zero-order valence-electron chi connectivity index (χ0n) is 11.2. The predicted octanol–water partition coefficient (Wildman–Crippen LogP) is 4.99. The molecule has 2 aromatic rings. The van der Waals surface area contributed by atoms with Crippen LogP contribution in [0.5, 0.6) is 0 Å². The number of hydrogen-bond acceptors (Lipinski definition) is 2. The number of rotatable bonds is 4. The smallest absolute Gasteiger partial charge is 0.252 e. The van der Waals surface area contributed by atoms with Gasteiger partial charge in [0.1, 0.15) is 6.17 Å². The fourth-order valence-electron chi connectivity index (χ4n) is 1.72. The fourth-order valence-corrected chi connectivity index (χ4v) is 2.31. The number of alkyl halides is 3. The summed E-state index contributed by atoms with van der Waals surface area (Å²) in [5.41, 5.74) is 1.20. The molecule has 0 radical (unpaired) electrons. The summed E-state index contributed by atoms with van der Waals surface area (Å²) < 4.78 is -0.828. The van der Waals surface area contributed by atoms with Gasteiger partial charge in [-0.3, -0.25) is 4.79 Å². The van der Waals surface area contributed by atoms with Gasteiger partial charge in [-0.15, -0.1) is 0 Å². The molecule has 1 amide bonds. The molecule has 2 N–H and O–H groups in total. The highest BCUT2D eigenvalue weighted by Crippen LogP contribution is 2.31. The zero-order valence-corrected chi connectivity index (χ0v) is 15.0. The maximum absolute atomic E-state index is 12.3. The first-order valence-electron chi connectivity index (χ1n) is 6.31. The van der Waals surface area contributed by atoms with Gasteiger partial charge < -0.3 is 10.6 Å². The Hall–Kier alpha value is -0.940. The van der Waals surface area contributed by atoms with Crippen molar-refractivity contribution in [1.82, 2.24) is 5.32 Å². The Morgan fingerprint density at radius 3 is 2.14 bits per heavy atom. The largest absolute Gasteiger partial charge is 0.362 e. The molecule has 3 nitrogen and oxygen atoms in total. The Labute approximate surface area is 152 Å². The molecule has 0 bridgehead atoms. The SMILES string of the molecule is O=C(NC(Nc1ccccc1)C(Cl)(Cl)Cl)c1ccc(Br)cc1. The predicted molar refractivity (Wildman–Crippen MR) is 95.8 cm³/mol. The second-order valence-corrected chi connectivity index (χ2v) is 7.75. The number of hydrogen-bond donors (Lipinski definition) is 2. The van der Waals surface area contributed by atoms with E-state index >= 15 is 0 Å². The Balaban J connectivity index is 2.13. The second kappa shape index (κ2) is 7.55. The number of halogens is 4. The molecule has 0 aromatic heterocycles. The molecule has 0 heterocycles. The topological polar surface area (TPSA) is 41.1 Å². The molecular weight excluding hydrogens is 410 g/mol. The zero-order chi connectivity index (χ0) is 16.2. The van der Waals surface area contributed by atoms with Gasteiger partial charge in [-0.05, 0) is 36.4 Å². The molecule has 22 heavy (non-hydrogen) atoms. The van der Waals surface area contributed by atoms with Crippen LogP contribution in [-0.2, 0) is 0 Å². The highest BCUT2D eigenvalue weighted by molar-refractivity contribution is 9.10. The molecule has 116 valence electrons. The maximum Gasteiger partial charge on any atom is 0.252 e. The van der Waals surface area contributed by atoms with Gasteiger partial charge in [-0.2, -0.15) is 0 Å². The summed E-state index contributed by atoms with van der Waals surface area (Å²) in [5.74, 6) is -0.341. The Bertz CT molecular complexity index is 629. The average molecular weight is 423 g/mol. The first-order valence-corrected chi connectivity index (χ1v) is 8.24. The lowest BCUT2D eigenvalue weighted by Gasteiger charge is -2.27. The maximum atomic E-state index is 12.3. The van der Waals surface area contributed by atoms with Crippen molar-refractivity contribution in [3.63, 3.8) is 0 Å². The Morgan fingerprint density at radius 1 is 1.00 bits per heavy atom. The molecule has 2 rings (SSSR count). The van der Waals surface area contributed by atoms with E-state index in [0.29, 0.717) is 5.56 Å². The van der Waals surface area contributed by atoms with Crippen LogP contribution in [0.3, 0.4) is 0 Å². The van der Waals surface area contributed by atoms with Crippen LogP contribution in [-0.4, -0.2) is 15.9 Å². The van der Waals surface area contributed by atoms with E-state index in [1.165, 1.54) is 0 Å². The number of amides is 1. The average Bonchev–Trinajstić information content (AvgIpc) is 2.47. The van der Waals surface area contributed by atoms with Crippen LogP contribution in [0.1, 0.15) is 10.4 Å². The van der Waals surface area contributed by atoms with Gasteiger partial charge in [0, 0.05) is 15.7 Å². The summed E-state index contributed by atoms with van der Waals surface area (Å²) in [7, 11) is 0. The van der Waals surface area contributed by atoms with Gasteiger partial charge in [-0.1, -0.05) is 68.9 Å². The summed E-state index contributed by atoms with van der Waals surface area (Å²) in [6.07, 6.45) is -0.879. The van der Waals surface area contributed by atoms with Gasteiger partial charge in [-0.25, -0.2) is 0 Å². The van der Waals surface area contributed by atoms with Crippen LogP contribution in [0.25, 0.3) is 0 Å². The van der Waals surface area contributed by atoms with E-state index in [0.717, 1.165) is 10.2 Å². The normalized spacial score (nSPS) is 12.5. The molecule has 2 aromatic carbocycles. The monoisotopic (exact) mass is 420 g/mol. The minimum absolute atomic E-state index is 0.341. The molecule has 7 heteroatoms. The quantitative estimate of drug-likeness (QED) is 0.539. The number of carbonyl (C=O) groups is 1. The summed E-state index contributed by atoms with van der Waals surface area (Å²) in [6.45, 7) is 0. The van der Waals surface area contributed by atoms with Crippen LogP contribution in [0.15, 0.2) is 59.1 Å². The minimum atomic E-state index is -1.71. The molecule has 0 fully saturated rings. The molecule has 1 unspecified atom stereocenters. The summed E-state index contributed by atoms with van der Waals surface area (Å²) in [4.78, 5) is 12.3. The minimum Gasteiger partial charge on any atom is -0.362 e. The van der Waals surface area contributed by atoms with Gasteiger partial charge >= 0.3 is 0 Å². The molecule has 0 saturated carbocycles. The fraction of sp³-hybridized carbons (Fsp3) is 0.133. The second-order valence-electron chi connectivity index (χ2n) is 4.47. The van der Waals surface area contributed by atoms with E-state index in [1.807, 2.05) is 30.3 Å². The Kier molecular flexibility index (Phi) is 5.98. The number of benzene rings is 2. The first-order chi connectivity index (χ1) is 10.4. The standard InChI is InChI=1S/C15H12BrCl3N2O/c16-11-8-6-10(7-9-11)13(22)21-14(15(17,18)19)20-12-4-2-1-3-5-12/h1-9,14,20H,(H,21,22). The van der Waals surface area contributed by atoms with Crippen LogP contribution in [0.2, 0.25) is 0 Å². The van der Waals surface area contributed by atoms with E-state index in [-0.39, 0.29) is 5.91 Å². The van der Waals surface area contributed by atoms with Crippen molar-refractivity contribution in [1.29, 1.82) is 0 Å². The van der Waals surface area contributed by atoms with E-state index in [9.17, 15) is 4.79 Å². The lowest BCUT2D eigenvalue weighted by atomic mass is 10.2. The van der Waals surface area contributed by atoms with Gasteiger partial charge in [0.25, 0.3) is 5.91 Å². The third kappa shape index (κ3) is 5.06. The summed E-state index contributed by atoms with van der Waals surface area (Å²) >= 11 is 21.2. The third-order valence-electron chi connectivity index (χ3n) is 2.79. The molecule has 1 atom stereocenters. The van der Waals surface area contributed by atoms with Crippen molar-refractivity contribution in [3.05, 3.63) is 64.6 Å². The van der Waals surface area contributed by atoms with Crippen LogP contribution >= 0.6 is 50.7 Å². The number of para-hydroxylation sites is 1. The first kappa shape index (κ1) is 17.4. The van der Waals surface area contributed by atoms with E-state index in [2.05, 4.69) is 26.6 Å². The molecule has 0 spiro atoms. The van der Waals surface area contributed by atoms with Crippen molar-refractivity contribution in [2.75, 3.05) is 5.32 Å². The van der Waals surface area contributed by atoms with E-state index < -0.39 is 9.96 Å². The van der Waals surface area contributed by atoms with Gasteiger partial charge in [0.2, 0.25) is 3.79 Å². The molecule has 0 aliphatic heterocycles. The number of nitrogens with one attached hydrogen (secondary N) is 2. The number of anilines is 1. The molecule has 0 saturated heterocycles. The van der Waals surface area contributed by atoms with E-state index in [4.69, 9.17) is 34.8 Å². The highest BCUT2D eigenvalue weighted by atomic mass is 79.9. The van der Waals surface area contributed by atoms with Crippen molar-refractivity contribution >= 4 is 62.3 Å².